The van der Waals surface area contributed by atoms with E-state index >= 15 is 0 Å². The fourth-order valence-corrected chi connectivity index (χ4v) is 2.23. The highest BCUT2D eigenvalue weighted by Crippen LogP contribution is 2.15. The second kappa shape index (κ2) is 7.54. The first kappa shape index (κ1) is 19.4. The number of benzene rings is 1. The zero-order chi connectivity index (χ0) is 19.5. The molecule has 2 aromatic rings. The smallest absolute Gasteiger partial charge is 0.345 e. The summed E-state index contributed by atoms with van der Waals surface area (Å²) in [6.45, 7) is 3.35. The van der Waals surface area contributed by atoms with E-state index in [1.165, 1.54) is 4.80 Å². The number of rotatable bonds is 5. The van der Waals surface area contributed by atoms with Crippen molar-refractivity contribution in [3.63, 3.8) is 0 Å². The average molecular weight is 369 g/mol. The number of hydrogen-bond acceptors (Lipinski definition) is 4. The molecule has 1 aromatic carbocycles. The Kier molecular flexibility index (Phi) is 5.63. The summed E-state index contributed by atoms with van der Waals surface area (Å²) < 4.78 is 36.1. The zero-order valence-corrected chi connectivity index (χ0v) is 14.4. The lowest BCUT2D eigenvalue weighted by atomic mass is 10.1. The van der Waals surface area contributed by atoms with Crippen molar-refractivity contribution < 1.29 is 22.8 Å². The van der Waals surface area contributed by atoms with Gasteiger partial charge in [0.25, 0.3) is 5.91 Å². The van der Waals surface area contributed by atoms with Gasteiger partial charge in [-0.3, -0.25) is 9.59 Å². The molecule has 2 rings (SSSR count). The summed E-state index contributed by atoms with van der Waals surface area (Å²) in [7, 11) is 0. The first-order valence-corrected chi connectivity index (χ1v) is 7.70. The first-order chi connectivity index (χ1) is 12.1. The maximum absolute atomic E-state index is 12.1. The summed E-state index contributed by atoms with van der Waals surface area (Å²) in [5, 5.41) is 12.2. The van der Waals surface area contributed by atoms with Crippen LogP contribution in [-0.2, 0) is 4.79 Å². The summed E-state index contributed by atoms with van der Waals surface area (Å²) in [6.07, 6.45) is -4.51. The summed E-state index contributed by atoms with van der Waals surface area (Å²) in [4.78, 5) is 24.8. The van der Waals surface area contributed by atoms with Crippen LogP contribution in [0.1, 0.15) is 27.3 Å². The van der Waals surface area contributed by atoms with Gasteiger partial charge in [0, 0.05) is 0 Å². The predicted molar refractivity (Wildman–Crippen MR) is 87.0 cm³/mol. The van der Waals surface area contributed by atoms with Crippen molar-refractivity contribution >= 4 is 11.8 Å². The highest BCUT2D eigenvalue weighted by Gasteiger charge is 2.27. The Morgan fingerprint density at radius 1 is 1.12 bits per heavy atom. The van der Waals surface area contributed by atoms with E-state index in [4.69, 9.17) is 0 Å². The van der Waals surface area contributed by atoms with Crippen molar-refractivity contribution in [1.29, 1.82) is 0 Å². The fourth-order valence-electron chi connectivity index (χ4n) is 2.23. The topological polar surface area (TPSA) is 88.9 Å². The predicted octanol–water partition coefficient (Wildman–Crippen LogP) is 1.60. The second-order valence-electron chi connectivity index (χ2n) is 5.79. The molecule has 0 aliphatic rings. The van der Waals surface area contributed by atoms with Crippen LogP contribution in [0.2, 0.25) is 0 Å². The molecule has 2 amide bonds. The van der Waals surface area contributed by atoms with Gasteiger partial charge in [0.05, 0.1) is 17.9 Å². The molecule has 0 saturated carbocycles. The standard InChI is InChI=1S/C16H18F3N5O2/c1-9-4-5-12(10(2)6-9)24-22-11(3)14(23-24)15(26)20-7-13(25)21-8-16(17,18)19/h4-6H,7-8H2,1-3H3,(H,20,26)(H,21,25). The highest BCUT2D eigenvalue weighted by molar-refractivity contribution is 5.95. The van der Waals surface area contributed by atoms with Crippen LogP contribution in [0.25, 0.3) is 5.69 Å². The van der Waals surface area contributed by atoms with E-state index in [1.54, 1.807) is 12.2 Å². The van der Waals surface area contributed by atoms with Gasteiger partial charge in [0.15, 0.2) is 5.69 Å². The molecule has 26 heavy (non-hydrogen) atoms. The van der Waals surface area contributed by atoms with Crippen molar-refractivity contribution in [1.82, 2.24) is 25.6 Å². The van der Waals surface area contributed by atoms with E-state index in [1.807, 2.05) is 32.0 Å². The van der Waals surface area contributed by atoms with Crippen LogP contribution in [0.5, 0.6) is 0 Å². The van der Waals surface area contributed by atoms with E-state index in [-0.39, 0.29) is 5.69 Å². The van der Waals surface area contributed by atoms with Gasteiger partial charge in [0.1, 0.15) is 6.54 Å². The molecule has 7 nitrogen and oxygen atoms in total. The van der Waals surface area contributed by atoms with Crippen molar-refractivity contribution in [2.45, 2.75) is 26.9 Å². The number of amides is 2. The number of nitrogens with zero attached hydrogens (tertiary/aromatic N) is 3. The number of hydrogen-bond donors (Lipinski definition) is 2. The number of carbonyl (C=O) groups excluding carboxylic acids is 2. The van der Waals surface area contributed by atoms with Gasteiger partial charge in [-0.25, -0.2) is 0 Å². The third-order valence-corrected chi connectivity index (χ3v) is 3.46. The number of carbonyl (C=O) groups is 2. The van der Waals surface area contributed by atoms with Gasteiger partial charge in [-0.05, 0) is 32.4 Å². The Morgan fingerprint density at radius 3 is 2.42 bits per heavy atom. The molecule has 0 atom stereocenters. The zero-order valence-electron chi connectivity index (χ0n) is 14.4. The van der Waals surface area contributed by atoms with Crippen molar-refractivity contribution in [2.75, 3.05) is 13.1 Å². The Morgan fingerprint density at radius 2 is 1.81 bits per heavy atom. The number of nitrogens with one attached hydrogen (secondary N) is 2. The normalized spacial score (nSPS) is 11.3. The molecule has 0 radical (unpaired) electrons. The van der Waals surface area contributed by atoms with Crippen molar-refractivity contribution in [3.05, 3.63) is 40.7 Å². The number of halogens is 3. The minimum Gasteiger partial charge on any atom is -0.345 e. The quantitative estimate of drug-likeness (QED) is 0.838. The lowest BCUT2D eigenvalue weighted by Crippen LogP contribution is -2.41. The van der Waals surface area contributed by atoms with E-state index in [9.17, 15) is 22.8 Å². The molecule has 1 heterocycles. The molecular weight excluding hydrogens is 351 g/mol. The molecule has 10 heteroatoms. The number of alkyl halides is 3. The van der Waals surface area contributed by atoms with E-state index in [0.29, 0.717) is 11.4 Å². The maximum atomic E-state index is 12.1. The van der Waals surface area contributed by atoms with E-state index in [2.05, 4.69) is 15.5 Å². The highest BCUT2D eigenvalue weighted by atomic mass is 19.4. The molecule has 2 N–H and O–H groups in total. The summed E-state index contributed by atoms with van der Waals surface area (Å²) >= 11 is 0. The van der Waals surface area contributed by atoms with Gasteiger partial charge >= 0.3 is 6.18 Å². The summed E-state index contributed by atoms with van der Waals surface area (Å²) in [5.74, 6) is -1.64. The molecule has 0 unspecified atom stereocenters. The maximum Gasteiger partial charge on any atom is 0.405 e. The van der Waals surface area contributed by atoms with Crippen LogP contribution in [0.3, 0.4) is 0 Å². The SMILES string of the molecule is Cc1ccc(-n2nc(C)c(C(=O)NCC(=O)NCC(F)(F)F)n2)c(C)c1. The van der Waals surface area contributed by atoms with Crippen LogP contribution in [0.15, 0.2) is 18.2 Å². The molecular formula is C16H18F3N5O2. The van der Waals surface area contributed by atoms with Gasteiger partial charge in [0.2, 0.25) is 5.91 Å². The van der Waals surface area contributed by atoms with Gasteiger partial charge < -0.3 is 10.6 Å². The Hall–Kier alpha value is -2.91. The molecule has 140 valence electrons. The first-order valence-electron chi connectivity index (χ1n) is 7.70. The molecule has 0 spiro atoms. The Labute approximate surface area is 147 Å². The number of aryl methyl sites for hydroxylation is 3. The molecule has 1 aromatic heterocycles. The summed E-state index contributed by atoms with van der Waals surface area (Å²) in [6, 6.07) is 5.64. The van der Waals surface area contributed by atoms with Gasteiger partial charge in [-0.1, -0.05) is 17.7 Å². The Balaban J connectivity index is 2.04. The van der Waals surface area contributed by atoms with Gasteiger partial charge in [-0.2, -0.15) is 23.1 Å². The van der Waals surface area contributed by atoms with Crippen LogP contribution in [0.4, 0.5) is 13.2 Å². The van der Waals surface area contributed by atoms with E-state index < -0.39 is 31.1 Å². The largest absolute Gasteiger partial charge is 0.405 e. The van der Waals surface area contributed by atoms with Crippen LogP contribution in [-0.4, -0.2) is 46.1 Å². The fraction of sp³-hybridized carbons (Fsp3) is 0.375. The van der Waals surface area contributed by atoms with Crippen LogP contribution >= 0.6 is 0 Å². The lowest BCUT2D eigenvalue weighted by molar-refractivity contribution is -0.137. The minimum absolute atomic E-state index is 0.00593. The van der Waals surface area contributed by atoms with Gasteiger partial charge in [-0.15, -0.1) is 5.10 Å². The molecule has 0 aliphatic carbocycles. The van der Waals surface area contributed by atoms with Crippen molar-refractivity contribution in [3.8, 4) is 5.69 Å². The average Bonchev–Trinajstić information content (AvgIpc) is 2.91. The van der Waals surface area contributed by atoms with Crippen LogP contribution in [0, 0.1) is 20.8 Å². The molecule has 0 fully saturated rings. The molecule has 0 saturated heterocycles. The van der Waals surface area contributed by atoms with Crippen molar-refractivity contribution in [2.24, 2.45) is 0 Å². The lowest BCUT2D eigenvalue weighted by Gasteiger charge is -2.08. The minimum atomic E-state index is -4.51. The molecule has 0 aliphatic heterocycles. The summed E-state index contributed by atoms with van der Waals surface area (Å²) in [5.41, 5.74) is 3.00. The Bertz CT molecular complexity index is 830. The second-order valence-corrected chi connectivity index (χ2v) is 5.79. The monoisotopic (exact) mass is 369 g/mol. The third kappa shape index (κ3) is 5.04. The number of aromatic nitrogens is 3. The third-order valence-electron chi connectivity index (χ3n) is 3.46. The van der Waals surface area contributed by atoms with E-state index in [0.717, 1.165) is 11.1 Å². The van der Waals surface area contributed by atoms with Crippen LogP contribution < -0.4 is 10.6 Å². The molecule has 0 bridgehead atoms.